The van der Waals surface area contributed by atoms with E-state index in [0.29, 0.717) is 18.1 Å². The molecule has 0 unspecified atom stereocenters. The first-order valence-electron chi connectivity index (χ1n) is 9.68. The van der Waals surface area contributed by atoms with Gasteiger partial charge in [-0.15, -0.1) is 0 Å². The molecule has 0 fully saturated rings. The van der Waals surface area contributed by atoms with Gasteiger partial charge in [-0.2, -0.15) is 5.10 Å². The minimum atomic E-state index is -0.580. The second kappa shape index (κ2) is 12.1. The average Bonchev–Trinajstić information content (AvgIpc) is 2.75. The predicted octanol–water partition coefficient (Wildman–Crippen LogP) is 3.42. The van der Waals surface area contributed by atoms with Crippen molar-refractivity contribution in [2.24, 2.45) is 5.10 Å². The van der Waals surface area contributed by atoms with Crippen LogP contribution in [0, 0.1) is 0 Å². The molecule has 0 aliphatic rings. The molecule has 8 heteroatoms. The Bertz CT molecular complexity index is 855. The SMILES string of the molecule is CCOC(=O)N[C@@H](CC(=O)N/N=C\c1ccc(OCC)c(OC)c1)c1ccccc1. The number of hydrazone groups is 1. The van der Waals surface area contributed by atoms with Crippen LogP contribution in [0.25, 0.3) is 0 Å². The molecule has 2 aromatic rings. The molecule has 0 aromatic heterocycles. The third-order valence-electron chi connectivity index (χ3n) is 4.05. The molecule has 2 aromatic carbocycles. The normalized spacial score (nSPS) is 11.6. The molecule has 0 saturated carbocycles. The molecular weight excluding hydrogens is 386 g/mol. The van der Waals surface area contributed by atoms with Gasteiger partial charge >= 0.3 is 6.09 Å². The van der Waals surface area contributed by atoms with Crippen molar-refractivity contribution in [3.8, 4) is 11.5 Å². The second-order valence-corrected chi connectivity index (χ2v) is 6.17. The minimum absolute atomic E-state index is 0.00671. The van der Waals surface area contributed by atoms with Crippen LogP contribution >= 0.6 is 0 Å². The van der Waals surface area contributed by atoms with Crippen LogP contribution in [0.2, 0.25) is 0 Å². The van der Waals surface area contributed by atoms with Gasteiger partial charge in [-0.3, -0.25) is 4.79 Å². The first kappa shape index (κ1) is 22.7. The largest absolute Gasteiger partial charge is 0.493 e. The highest BCUT2D eigenvalue weighted by molar-refractivity contribution is 5.83. The molecule has 8 nitrogen and oxygen atoms in total. The molecule has 0 heterocycles. The molecule has 2 N–H and O–H groups in total. The van der Waals surface area contributed by atoms with Gasteiger partial charge in [-0.25, -0.2) is 10.2 Å². The molecule has 2 amide bonds. The van der Waals surface area contributed by atoms with Crippen LogP contribution in [-0.4, -0.2) is 38.5 Å². The standard InChI is InChI=1S/C22H27N3O5/c1-4-29-19-12-11-16(13-20(19)28-3)15-23-25-21(26)14-18(24-22(27)30-5-2)17-9-7-6-8-10-17/h6-13,15,18H,4-5,14H2,1-3H3,(H,24,27)(H,25,26)/b23-15-/t18-/m0/s1. The van der Waals surface area contributed by atoms with Crippen LogP contribution in [0.3, 0.4) is 0 Å². The van der Waals surface area contributed by atoms with Crippen molar-refractivity contribution < 1.29 is 23.8 Å². The van der Waals surface area contributed by atoms with Gasteiger partial charge in [0, 0.05) is 0 Å². The second-order valence-electron chi connectivity index (χ2n) is 6.17. The summed E-state index contributed by atoms with van der Waals surface area (Å²) < 4.78 is 15.7. The number of methoxy groups -OCH3 is 1. The molecule has 0 aliphatic carbocycles. The number of benzene rings is 2. The van der Waals surface area contributed by atoms with E-state index in [1.807, 2.05) is 37.3 Å². The Hall–Kier alpha value is -3.55. The van der Waals surface area contributed by atoms with E-state index in [2.05, 4.69) is 15.8 Å². The van der Waals surface area contributed by atoms with Crippen molar-refractivity contribution in [1.29, 1.82) is 0 Å². The van der Waals surface area contributed by atoms with Gasteiger partial charge in [0.1, 0.15) is 0 Å². The number of hydrogen-bond donors (Lipinski definition) is 2. The number of nitrogens with one attached hydrogen (secondary N) is 2. The van der Waals surface area contributed by atoms with E-state index in [1.165, 1.54) is 6.21 Å². The summed E-state index contributed by atoms with van der Waals surface area (Å²) >= 11 is 0. The first-order chi connectivity index (χ1) is 14.6. The quantitative estimate of drug-likeness (QED) is 0.459. The summed E-state index contributed by atoms with van der Waals surface area (Å²) in [5.74, 6) is 0.863. The summed E-state index contributed by atoms with van der Waals surface area (Å²) in [5, 5.41) is 6.69. The zero-order chi connectivity index (χ0) is 21.8. The number of ether oxygens (including phenoxy) is 3. The van der Waals surface area contributed by atoms with E-state index in [4.69, 9.17) is 14.2 Å². The molecule has 2 rings (SSSR count). The van der Waals surface area contributed by atoms with Crippen molar-refractivity contribution in [1.82, 2.24) is 10.7 Å². The molecular formula is C22H27N3O5. The molecule has 0 saturated heterocycles. The number of amides is 2. The summed E-state index contributed by atoms with van der Waals surface area (Å²) in [5.41, 5.74) is 4.01. The molecule has 1 atom stereocenters. The van der Waals surface area contributed by atoms with E-state index in [-0.39, 0.29) is 18.9 Å². The zero-order valence-corrected chi connectivity index (χ0v) is 17.4. The van der Waals surface area contributed by atoms with Crippen molar-refractivity contribution in [2.45, 2.75) is 26.3 Å². The molecule has 0 aliphatic heterocycles. The molecule has 30 heavy (non-hydrogen) atoms. The number of hydrogen-bond acceptors (Lipinski definition) is 6. The van der Waals surface area contributed by atoms with Crippen LogP contribution in [0.15, 0.2) is 53.6 Å². The summed E-state index contributed by atoms with van der Waals surface area (Å²) in [6.45, 7) is 4.38. The van der Waals surface area contributed by atoms with E-state index >= 15 is 0 Å². The lowest BCUT2D eigenvalue weighted by Crippen LogP contribution is -2.33. The highest BCUT2D eigenvalue weighted by Gasteiger charge is 2.18. The fourth-order valence-electron chi connectivity index (χ4n) is 2.70. The van der Waals surface area contributed by atoms with Gasteiger partial charge in [0.25, 0.3) is 0 Å². The smallest absolute Gasteiger partial charge is 0.407 e. The van der Waals surface area contributed by atoms with Crippen LogP contribution in [0.5, 0.6) is 11.5 Å². The molecule has 160 valence electrons. The zero-order valence-electron chi connectivity index (χ0n) is 17.4. The van der Waals surface area contributed by atoms with Crippen molar-refractivity contribution >= 4 is 18.2 Å². The van der Waals surface area contributed by atoms with Gasteiger partial charge in [0.2, 0.25) is 5.91 Å². The number of carbonyl (C=O) groups excluding carboxylic acids is 2. The molecule has 0 spiro atoms. The maximum Gasteiger partial charge on any atom is 0.407 e. The number of nitrogens with zero attached hydrogens (tertiary/aromatic N) is 1. The Kier molecular flexibility index (Phi) is 9.18. The van der Waals surface area contributed by atoms with E-state index in [0.717, 1.165) is 11.1 Å². The Labute approximate surface area is 176 Å². The Morgan fingerprint density at radius 3 is 2.50 bits per heavy atom. The van der Waals surface area contributed by atoms with Crippen molar-refractivity contribution in [3.05, 3.63) is 59.7 Å². The fraction of sp³-hybridized carbons (Fsp3) is 0.318. The fourth-order valence-corrected chi connectivity index (χ4v) is 2.70. The number of carbonyl (C=O) groups is 2. The summed E-state index contributed by atoms with van der Waals surface area (Å²) in [4.78, 5) is 24.2. The monoisotopic (exact) mass is 413 g/mol. The van der Waals surface area contributed by atoms with E-state index in [1.54, 1.807) is 32.2 Å². The third kappa shape index (κ3) is 7.12. The summed E-state index contributed by atoms with van der Waals surface area (Å²) in [7, 11) is 1.56. The van der Waals surface area contributed by atoms with E-state index in [9.17, 15) is 9.59 Å². The topological polar surface area (TPSA) is 98.2 Å². The van der Waals surface area contributed by atoms with E-state index < -0.39 is 12.1 Å². The van der Waals surface area contributed by atoms with Crippen LogP contribution < -0.4 is 20.2 Å². The lowest BCUT2D eigenvalue weighted by molar-refractivity contribution is -0.121. The van der Waals surface area contributed by atoms with Gasteiger partial charge < -0.3 is 19.5 Å². The highest BCUT2D eigenvalue weighted by Crippen LogP contribution is 2.27. The molecule has 0 radical (unpaired) electrons. The maximum absolute atomic E-state index is 12.4. The first-order valence-corrected chi connectivity index (χ1v) is 9.68. The van der Waals surface area contributed by atoms with Gasteiger partial charge in [-0.1, -0.05) is 30.3 Å². The predicted molar refractivity (Wildman–Crippen MR) is 114 cm³/mol. The van der Waals surface area contributed by atoms with Crippen LogP contribution in [0.4, 0.5) is 4.79 Å². The third-order valence-corrected chi connectivity index (χ3v) is 4.05. The number of alkyl carbamates (subject to hydrolysis) is 1. The van der Waals surface area contributed by atoms with Crippen LogP contribution in [0.1, 0.15) is 37.4 Å². The average molecular weight is 413 g/mol. The van der Waals surface area contributed by atoms with Crippen molar-refractivity contribution in [2.75, 3.05) is 20.3 Å². The van der Waals surface area contributed by atoms with Crippen LogP contribution in [-0.2, 0) is 9.53 Å². The van der Waals surface area contributed by atoms with Gasteiger partial charge in [0.15, 0.2) is 11.5 Å². The lowest BCUT2D eigenvalue weighted by Gasteiger charge is -2.18. The summed E-state index contributed by atoms with van der Waals surface area (Å²) in [6, 6.07) is 14.0. The highest BCUT2D eigenvalue weighted by atomic mass is 16.5. The maximum atomic E-state index is 12.4. The van der Waals surface area contributed by atoms with Gasteiger partial charge in [0.05, 0.1) is 39.0 Å². The Morgan fingerprint density at radius 2 is 1.83 bits per heavy atom. The Balaban J connectivity index is 2.00. The van der Waals surface area contributed by atoms with Crippen molar-refractivity contribution in [3.63, 3.8) is 0 Å². The molecule has 0 bridgehead atoms. The number of rotatable bonds is 10. The summed E-state index contributed by atoms with van der Waals surface area (Å²) in [6.07, 6.45) is 0.934. The lowest BCUT2D eigenvalue weighted by atomic mass is 10.0. The minimum Gasteiger partial charge on any atom is -0.493 e. The Morgan fingerprint density at radius 1 is 1.07 bits per heavy atom. The van der Waals surface area contributed by atoms with Gasteiger partial charge in [-0.05, 0) is 43.2 Å².